The number of nitrogens with one attached hydrogen (secondary N) is 2. The number of benzene rings is 1. The highest BCUT2D eigenvalue weighted by molar-refractivity contribution is 6.30. The molecule has 0 atom stereocenters. The summed E-state index contributed by atoms with van der Waals surface area (Å²) in [6.45, 7) is 10.6. The van der Waals surface area contributed by atoms with Gasteiger partial charge in [0, 0.05) is 17.3 Å². The van der Waals surface area contributed by atoms with Crippen LogP contribution in [0.3, 0.4) is 0 Å². The molecule has 1 aromatic carbocycles. The lowest BCUT2D eigenvalue weighted by Gasteiger charge is -2.34. The fraction of sp³-hybridized carbons (Fsp3) is 0.438. The van der Waals surface area contributed by atoms with Gasteiger partial charge in [-0.1, -0.05) is 23.7 Å². The maximum Gasteiger partial charge on any atom is 0.275 e. The largest absolute Gasteiger partial charge is 0.360 e. The molecular formula is C16H23ClN3O+. The van der Waals surface area contributed by atoms with Crippen LogP contribution in [0.1, 0.15) is 5.56 Å². The van der Waals surface area contributed by atoms with E-state index in [0.29, 0.717) is 13.1 Å². The van der Waals surface area contributed by atoms with E-state index in [1.165, 1.54) is 16.2 Å². The maximum absolute atomic E-state index is 11.7. The number of aryl methyl sites for hydroxylation is 1. The monoisotopic (exact) mass is 308 g/mol. The summed E-state index contributed by atoms with van der Waals surface area (Å²) in [6, 6.07) is 6.00. The summed E-state index contributed by atoms with van der Waals surface area (Å²) in [4.78, 5) is 15.4. The second-order valence-electron chi connectivity index (χ2n) is 5.44. The van der Waals surface area contributed by atoms with Crippen molar-refractivity contribution in [1.82, 2.24) is 5.32 Å². The summed E-state index contributed by atoms with van der Waals surface area (Å²) in [5.41, 5.74) is 2.45. The highest BCUT2D eigenvalue weighted by Crippen LogP contribution is 2.24. The standard InChI is InChI=1S/C16H22ClN3O/c1-3-6-18-16(21)12-19-7-9-20(10-8-19)15-11-14(17)5-4-13(15)2/h3-5,11H,1,6-10,12H2,2H3,(H,18,21)/p+1. The molecule has 1 fully saturated rings. The SMILES string of the molecule is C=CCNC(=O)C[NH+]1CCN(c2cc(Cl)ccc2C)CC1. The highest BCUT2D eigenvalue weighted by atomic mass is 35.5. The zero-order valence-electron chi connectivity index (χ0n) is 12.5. The average Bonchev–Trinajstić information content (AvgIpc) is 2.48. The molecule has 4 nitrogen and oxygen atoms in total. The number of quaternary nitrogens is 1. The molecule has 1 heterocycles. The molecule has 0 radical (unpaired) electrons. The molecular weight excluding hydrogens is 286 g/mol. The van der Waals surface area contributed by atoms with Crippen LogP contribution in [0.4, 0.5) is 5.69 Å². The van der Waals surface area contributed by atoms with Crippen LogP contribution < -0.4 is 15.1 Å². The minimum atomic E-state index is 0.0947. The van der Waals surface area contributed by atoms with Crippen LogP contribution in [-0.2, 0) is 4.79 Å². The van der Waals surface area contributed by atoms with Crippen molar-refractivity contribution in [2.24, 2.45) is 0 Å². The number of rotatable bonds is 5. The van der Waals surface area contributed by atoms with Crippen molar-refractivity contribution in [3.05, 3.63) is 41.4 Å². The van der Waals surface area contributed by atoms with Crippen LogP contribution in [0.2, 0.25) is 5.02 Å². The van der Waals surface area contributed by atoms with Gasteiger partial charge in [0.2, 0.25) is 0 Å². The van der Waals surface area contributed by atoms with E-state index >= 15 is 0 Å². The molecule has 0 aliphatic carbocycles. The Bertz CT molecular complexity index is 510. The fourth-order valence-electron chi connectivity index (χ4n) is 2.64. The lowest BCUT2D eigenvalue weighted by Crippen LogP contribution is -3.16. The Morgan fingerprint density at radius 3 is 2.86 bits per heavy atom. The van der Waals surface area contributed by atoms with Crippen LogP contribution in [0.25, 0.3) is 0 Å². The van der Waals surface area contributed by atoms with E-state index in [9.17, 15) is 4.79 Å². The number of halogens is 1. The van der Waals surface area contributed by atoms with Gasteiger partial charge in [0.25, 0.3) is 5.91 Å². The van der Waals surface area contributed by atoms with E-state index in [-0.39, 0.29) is 5.91 Å². The summed E-state index contributed by atoms with van der Waals surface area (Å²) in [5, 5.41) is 3.60. The van der Waals surface area contributed by atoms with Crippen molar-refractivity contribution in [2.75, 3.05) is 44.2 Å². The van der Waals surface area contributed by atoms with Crippen LogP contribution in [0.15, 0.2) is 30.9 Å². The third-order valence-corrected chi connectivity index (χ3v) is 4.07. The molecule has 1 saturated heterocycles. The van der Waals surface area contributed by atoms with Crippen molar-refractivity contribution in [1.29, 1.82) is 0 Å². The smallest absolute Gasteiger partial charge is 0.275 e. The highest BCUT2D eigenvalue weighted by Gasteiger charge is 2.23. The van der Waals surface area contributed by atoms with E-state index in [4.69, 9.17) is 11.6 Å². The first-order valence-electron chi connectivity index (χ1n) is 7.32. The molecule has 0 aromatic heterocycles. The molecule has 0 bridgehead atoms. The van der Waals surface area contributed by atoms with Gasteiger partial charge < -0.3 is 15.1 Å². The number of carbonyl (C=O) groups excluding carboxylic acids is 1. The van der Waals surface area contributed by atoms with Gasteiger partial charge in [0.1, 0.15) is 0 Å². The van der Waals surface area contributed by atoms with Crippen molar-refractivity contribution < 1.29 is 9.69 Å². The zero-order chi connectivity index (χ0) is 15.2. The number of nitrogens with zero attached hydrogens (tertiary/aromatic N) is 1. The summed E-state index contributed by atoms with van der Waals surface area (Å²) in [6.07, 6.45) is 1.70. The molecule has 1 aromatic rings. The summed E-state index contributed by atoms with van der Waals surface area (Å²) in [7, 11) is 0. The Morgan fingerprint density at radius 2 is 2.19 bits per heavy atom. The number of anilines is 1. The predicted octanol–water partition coefficient (Wildman–Crippen LogP) is 0.656. The van der Waals surface area contributed by atoms with Gasteiger partial charge >= 0.3 is 0 Å². The van der Waals surface area contributed by atoms with Crippen molar-refractivity contribution in [3.63, 3.8) is 0 Å². The second kappa shape index (κ2) is 7.48. The summed E-state index contributed by atoms with van der Waals surface area (Å²) >= 11 is 6.09. The molecule has 5 heteroatoms. The van der Waals surface area contributed by atoms with E-state index in [2.05, 4.69) is 29.8 Å². The van der Waals surface area contributed by atoms with Gasteiger partial charge in [-0.3, -0.25) is 4.79 Å². The topological polar surface area (TPSA) is 36.8 Å². The van der Waals surface area contributed by atoms with E-state index in [0.717, 1.165) is 31.2 Å². The van der Waals surface area contributed by atoms with E-state index < -0.39 is 0 Å². The zero-order valence-corrected chi connectivity index (χ0v) is 13.2. The molecule has 1 aliphatic rings. The first kappa shape index (κ1) is 15.9. The summed E-state index contributed by atoms with van der Waals surface area (Å²) in [5.74, 6) is 0.0947. The Balaban J connectivity index is 1.87. The normalized spacial score (nSPS) is 15.8. The average molecular weight is 309 g/mol. The Hall–Kier alpha value is -1.52. The van der Waals surface area contributed by atoms with Gasteiger partial charge in [-0.15, -0.1) is 6.58 Å². The number of amides is 1. The molecule has 1 aliphatic heterocycles. The number of hydrogen-bond donors (Lipinski definition) is 2. The Kier molecular flexibility index (Phi) is 5.65. The van der Waals surface area contributed by atoms with Crippen molar-refractivity contribution in [2.45, 2.75) is 6.92 Å². The molecule has 0 saturated carbocycles. The van der Waals surface area contributed by atoms with Gasteiger partial charge in [0.05, 0.1) is 26.2 Å². The molecule has 0 spiro atoms. The van der Waals surface area contributed by atoms with E-state index in [1.807, 2.05) is 12.1 Å². The minimum Gasteiger partial charge on any atom is -0.360 e. The molecule has 0 unspecified atom stereocenters. The second-order valence-corrected chi connectivity index (χ2v) is 5.87. The number of piperazine rings is 1. The first-order valence-corrected chi connectivity index (χ1v) is 7.70. The first-order chi connectivity index (χ1) is 10.1. The van der Waals surface area contributed by atoms with E-state index in [1.54, 1.807) is 6.08 Å². The Labute approximate surface area is 131 Å². The Morgan fingerprint density at radius 1 is 1.48 bits per heavy atom. The third-order valence-electron chi connectivity index (χ3n) is 3.84. The van der Waals surface area contributed by atoms with Crippen LogP contribution in [0, 0.1) is 6.92 Å². The van der Waals surface area contributed by atoms with Gasteiger partial charge in [-0.05, 0) is 24.6 Å². The van der Waals surface area contributed by atoms with Crippen LogP contribution in [0.5, 0.6) is 0 Å². The maximum atomic E-state index is 11.7. The van der Waals surface area contributed by atoms with Crippen LogP contribution >= 0.6 is 11.6 Å². The molecule has 1 amide bonds. The summed E-state index contributed by atoms with van der Waals surface area (Å²) < 4.78 is 0. The minimum absolute atomic E-state index is 0.0947. The van der Waals surface area contributed by atoms with Crippen molar-refractivity contribution >= 4 is 23.2 Å². The molecule has 114 valence electrons. The van der Waals surface area contributed by atoms with Gasteiger partial charge in [-0.25, -0.2) is 0 Å². The van der Waals surface area contributed by atoms with Gasteiger partial charge in [-0.2, -0.15) is 0 Å². The lowest BCUT2D eigenvalue weighted by atomic mass is 10.1. The molecule has 21 heavy (non-hydrogen) atoms. The number of hydrogen-bond acceptors (Lipinski definition) is 2. The van der Waals surface area contributed by atoms with Crippen molar-refractivity contribution in [3.8, 4) is 0 Å². The molecule has 2 N–H and O–H groups in total. The number of carbonyl (C=O) groups is 1. The lowest BCUT2D eigenvalue weighted by molar-refractivity contribution is -0.892. The predicted molar refractivity (Wildman–Crippen MR) is 87.2 cm³/mol. The quantitative estimate of drug-likeness (QED) is 0.784. The van der Waals surface area contributed by atoms with Gasteiger partial charge in [0.15, 0.2) is 6.54 Å². The van der Waals surface area contributed by atoms with Crippen LogP contribution in [-0.4, -0.2) is 45.2 Å². The molecule has 2 rings (SSSR count). The third kappa shape index (κ3) is 4.48. The fourth-order valence-corrected chi connectivity index (χ4v) is 2.81.